The average Bonchev–Trinajstić information content (AvgIpc) is 2.75. The van der Waals surface area contributed by atoms with Crippen LogP contribution in [0.2, 0.25) is 0 Å². The monoisotopic (exact) mass is 446 g/mol. The van der Waals surface area contributed by atoms with Crippen LogP contribution in [0.5, 0.6) is 0 Å². The van der Waals surface area contributed by atoms with Crippen LogP contribution in [0.1, 0.15) is 70.0 Å². The highest BCUT2D eigenvalue weighted by molar-refractivity contribution is 5.65. The maximum Gasteiger partial charge on any atom is 0.267 e. The maximum absolute atomic E-state index is 14.0. The summed E-state index contributed by atoms with van der Waals surface area (Å²) in [5, 5.41) is 18.4. The molecule has 3 nitrogen and oxygen atoms in total. The molecule has 2 rings (SSSR count). The van der Waals surface area contributed by atoms with Crippen molar-refractivity contribution in [3.05, 3.63) is 58.9 Å². The largest absolute Gasteiger partial charge is 0.346 e. The first-order valence-electron chi connectivity index (χ1n) is 10.4. The number of hydrogen-bond donors (Lipinski definition) is 2. The number of aliphatic hydroxyl groups excluding tert-OH is 1. The number of halogens is 5. The standard InChI is InChI=1S/C23H27F5O3/c1-2-3-4-5-6-7-8-9-16(31-23(29)30)14-10-12-15(13-11-14)17-18(24)20(26)22(28)21(27)19(17)25/h10-13,16,23,29-30H,2-9H2,1H3. The van der Waals surface area contributed by atoms with Gasteiger partial charge in [0.05, 0.1) is 11.7 Å². The molecule has 2 aromatic rings. The SMILES string of the molecule is CCCCCCCCCC(OC(O)O)c1ccc(-c2c(F)c(F)c(F)c(F)c2F)cc1. The van der Waals surface area contributed by atoms with Crippen LogP contribution in [-0.2, 0) is 4.74 Å². The van der Waals surface area contributed by atoms with Gasteiger partial charge in [-0.25, -0.2) is 22.0 Å². The van der Waals surface area contributed by atoms with E-state index in [1.54, 1.807) is 0 Å². The van der Waals surface area contributed by atoms with Gasteiger partial charge in [-0.05, 0) is 17.5 Å². The number of ether oxygens (including phenoxy) is 1. The topological polar surface area (TPSA) is 49.7 Å². The first-order valence-corrected chi connectivity index (χ1v) is 10.4. The summed E-state index contributed by atoms with van der Waals surface area (Å²) >= 11 is 0. The smallest absolute Gasteiger partial charge is 0.267 e. The van der Waals surface area contributed by atoms with Crippen molar-refractivity contribution in [3.63, 3.8) is 0 Å². The van der Waals surface area contributed by atoms with E-state index < -0.39 is 47.2 Å². The Bertz CT molecular complexity index is 811. The van der Waals surface area contributed by atoms with Crippen molar-refractivity contribution in [2.75, 3.05) is 0 Å². The molecule has 8 heteroatoms. The number of unbranched alkanes of at least 4 members (excludes halogenated alkanes) is 6. The molecular formula is C23H27F5O3. The molecule has 1 unspecified atom stereocenters. The number of aliphatic hydroxyl groups is 2. The molecule has 0 bridgehead atoms. The summed E-state index contributed by atoms with van der Waals surface area (Å²) in [5.41, 5.74) is -0.725. The van der Waals surface area contributed by atoms with Crippen molar-refractivity contribution in [1.29, 1.82) is 0 Å². The molecule has 172 valence electrons. The Kier molecular flexibility index (Phi) is 9.87. The van der Waals surface area contributed by atoms with Gasteiger partial charge in [0.25, 0.3) is 6.48 Å². The lowest BCUT2D eigenvalue weighted by molar-refractivity contribution is -0.259. The minimum absolute atomic E-state index is 0.198. The minimum atomic E-state index is -2.21. The molecule has 31 heavy (non-hydrogen) atoms. The molecule has 0 fully saturated rings. The third-order valence-corrected chi connectivity index (χ3v) is 5.14. The average molecular weight is 446 g/mol. The van der Waals surface area contributed by atoms with Gasteiger partial charge in [-0.1, -0.05) is 76.1 Å². The second-order valence-electron chi connectivity index (χ2n) is 7.43. The summed E-state index contributed by atoms with van der Waals surface area (Å²) in [6, 6.07) is 5.22. The van der Waals surface area contributed by atoms with Gasteiger partial charge in [0.2, 0.25) is 5.82 Å². The third-order valence-electron chi connectivity index (χ3n) is 5.14. The molecule has 0 saturated carbocycles. The van der Waals surface area contributed by atoms with E-state index in [0.29, 0.717) is 12.0 Å². The Morgan fingerprint density at radius 1 is 0.710 bits per heavy atom. The fourth-order valence-electron chi connectivity index (χ4n) is 3.47. The first-order chi connectivity index (χ1) is 14.8. The second kappa shape index (κ2) is 12.1. The van der Waals surface area contributed by atoms with Crippen LogP contribution in [0, 0.1) is 29.1 Å². The van der Waals surface area contributed by atoms with Crippen molar-refractivity contribution in [3.8, 4) is 11.1 Å². The molecule has 0 radical (unpaired) electrons. The molecule has 0 aliphatic rings. The van der Waals surface area contributed by atoms with Gasteiger partial charge in [-0.2, -0.15) is 0 Å². The van der Waals surface area contributed by atoms with E-state index in [1.165, 1.54) is 37.1 Å². The van der Waals surface area contributed by atoms with Gasteiger partial charge in [0.1, 0.15) is 0 Å². The Morgan fingerprint density at radius 3 is 1.71 bits per heavy atom. The normalized spacial score (nSPS) is 12.5. The van der Waals surface area contributed by atoms with E-state index in [4.69, 9.17) is 4.74 Å². The second-order valence-corrected chi connectivity index (χ2v) is 7.43. The Balaban J connectivity index is 2.13. The van der Waals surface area contributed by atoms with E-state index in [0.717, 1.165) is 32.1 Å². The Morgan fingerprint density at radius 2 is 1.19 bits per heavy atom. The molecule has 0 heterocycles. The molecule has 0 aliphatic carbocycles. The van der Waals surface area contributed by atoms with Crippen LogP contribution in [0.4, 0.5) is 22.0 Å². The Hall–Kier alpha value is -2.03. The van der Waals surface area contributed by atoms with E-state index in [-0.39, 0.29) is 5.56 Å². The van der Waals surface area contributed by atoms with Crippen LogP contribution in [-0.4, -0.2) is 16.7 Å². The molecule has 0 amide bonds. The predicted octanol–water partition coefficient (Wildman–Crippen LogP) is 6.52. The molecule has 0 spiro atoms. The molecule has 1 atom stereocenters. The lowest BCUT2D eigenvalue weighted by atomic mass is 9.97. The van der Waals surface area contributed by atoms with Crippen LogP contribution in [0.25, 0.3) is 11.1 Å². The van der Waals surface area contributed by atoms with E-state index in [1.807, 2.05) is 0 Å². The highest BCUT2D eigenvalue weighted by Crippen LogP contribution is 2.33. The number of benzene rings is 2. The Labute approximate surface area is 178 Å². The van der Waals surface area contributed by atoms with E-state index in [9.17, 15) is 32.2 Å². The zero-order valence-electron chi connectivity index (χ0n) is 17.3. The highest BCUT2D eigenvalue weighted by Gasteiger charge is 2.26. The van der Waals surface area contributed by atoms with Crippen molar-refractivity contribution in [2.45, 2.75) is 70.9 Å². The molecule has 0 aliphatic heterocycles. The van der Waals surface area contributed by atoms with Gasteiger partial charge in [-0.15, -0.1) is 0 Å². The van der Waals surface area contributed by atoms with Gasteiger partial charge in [0, 0.05) is 0 Å². The van der Waals surface area contributed by atoms with Gasteiger partial charge >= 0.3 is 0 Å². The van der Waals surface area contributed by atoms with Crippen molar-refractivity contribution in [2.24, 2.45) is 0 Å². The van der Waals surface area contributed by atoms with Gasteiger partial charge in [-0.3, -0.25) is 0 Å². The fourth-order valence-corrected chi connectivity index (χ4v) is 3.47. The first kappa shape index (κ1) is 25.2. The van der Waals surface area contributed by atoms with Gasteiger partial charge < -0.3 is 14.9 Å². The quantitative estimate of drug-likeness (QED) is 0.128. The van der Waals surface area contributed by atoms with Crippen molar-refractivity contribution >= 4 is 0 Å². The molecule has 2 aromatic carbocycles. The number of hydrogen-bond acceptors (Lipinski definition) is 3. The third kappa shape index (κ3) is 6.72. The number of rotatable bonds is 12. The van der Waals surface area contributed by atoms with Crippen LogP contribution in [0.15, 0.2) is 24.3 Å². The molecule has 2 N–H and O–H groups in total. The summed E-state index contributed by atoms with van der Waals surface area (Å²) in [4.78, 5) is 0. The van der Waals surface area contributed by atoms with E-state index in [2.05, 4.69) is 6.92 Å². The van der Waals surface area contributed by atoms with Crippen molar-refractivity contribution in [1.82, 2.24) is 0 Å². The summed E-state index contributed by atoms with van der Waals surface area (Å²) < 4.78 is 73.4. The van der Waals surface area contributed by atoms with E-state index >= 15 is 0 Å². The predicted molar refractivity (Wildman–Crippen MR) is 106 cm³/mol. The minimum Gasteiger partial charge on any atom is -0.346 e. The summed E-state index contributed by atoms with van der Waals surface area (Å²) in [6.45, 7) is 0.128. The van der Waals surface area contributed by atoms with Crippen LogP contribution in [0.3, 0.4) is 0 Å². The highest BCUT2D eigenvalue weighted by atomic mass is 19.2. The summed E-state index contributed by atoms with van der Waals surface area (Å²) in [5.74, 6) is -10.1. The molecular weight excluding hydrogens is 419 g/mol. The molecule has 0 aromatic heterocycles. The van der Waals surface area contributed by atoms with Crippen LogP contribution >= 0.6 is 0 Å². The van der Waals surface area contributed by atoms with Crippen molar-refractivity contribution < 1.29 is 36.9 Å². The lowest BCUT2D eigenvalue weighted by Gasteiger charge is -2.20. The lowest BCUT2D eigenvalue weighted by Crippen LogP contribution is -2.15. The zero-order valence-corrected chi connectivity index (χ0v) is 17.3. The summed E-state index contributed by atoms with van der Waals surface area (Å²) in [7, 11) is 0. The molecule has 0 saturated heterocycles. The fraction of sp³-hybridized carbons (Fsp3) is 0.478. The maximum atomic E-state index is 14.0. The van der Waals surface area contributed by atoms with Crippen LogP contribution < -0.4 is 0 Å². The summed E-state index contributed by atoms with van der Waals surface area (Å²) in [6.07, 6.45) is 7.19. The zero-order chi connectivity index (χ0) is 23.0. The van der Waals surface area contributed by atoms with Gasteiger partial charge in [0.15, 0.2) is 23.3 Å².